The highest BCUT2D eigenvalue weighted by molar-refractivity contribution is 9.10. The Labute approximate surface area is 129 Å². The quantitative estimate of drug-likeness (QED) is 0.876. The van der Waals surface area contributed by atoms with Gasteiger partial charge in [-0.25, -0.2) is 0 Å². The minimum absolute atomic E-state index is 0.133. The van der Waals surface area contributed by atoms with Gasteiger partial charge in [0.2, 0.25) is 0 Å². The van der Waals surface area contributed by atoms with Crippen LogP contribution < -0.4 is 10.5 Å². The van der Waals surface area contributed by atoms with Gasteiger partial charge in [0, 0.05) is 4.47 Å². The molecule has 0 fully saturated rings. The largest absolute Gasteiger partial charge is 0.494 e. The van der Waals surface area contributed by atoms with Gasteiger partial charge in [-0.3, -0.25) is 0 Å². The third kappa shape index (κ3) is 3.41. The number of aryl methyl sites for hydroxylation is 1. The van der Waals surface area contributed by atoms with Crippen LogP contribution in [0.4, 0.5) is 0 Å². The molecule has 1 atom stereocenters. The lowest BCUT2D eigenvalue weighted by atomic mass is 9.98. The second kappa shape index (κ2) is 6.91. The molecule has 0 bridgehead atoms. The van der Waals surface area contributed by atoms with Crippen molar-refractivity contribution in [3.63, 3.8) is 0 Å². The van der Waals surface area contributed by atoms with E-state index in [1.54, 1.807) is 0 Å². The van der Waals surface area contributed by atoms with Crippen LogP contribution in [0.3, 0.4) is 0 Å². The molecule has 0 heterocycles. The van der Waals surface area contributed by atoms with Crippen molar-refractivity contribution in [2.75, 3.05) is 6.61 Å². The average molecular weight is 334 g/mol. The van der Waals surface area contributed by atoms with Crippen LogP contribution >= 0.6 is 15.9 Å². The summed E-state index contributed by atoms with van der Waals surface area (Å²) in [6, 6.07) is 14.3. The fourth-order valence-electron chi connectivity index (χ4n) is 2.16. The van der Waals surface area contributed by atoms with Crippen LogP contribution in [0.15, 0.2) is 46.9 Å². The van der Waals surface area contributed by atoms with Crippen molar-refractivity contribution < 1.29 is 4.74 Å². The van der Waals surface area contributed by atoms with Crippen molar-refractivity contribution in [2.24, 2.45) is 5.73 Å². The molecule has 0 saturated heterocycles. The first kappa shape index (κ1) is 15.1. The molecule has 0 aliphatic carbocycles. The van der Waals surface area contributed by atoms with Crippen molar-refractivity contribution in [3.8, 4) is 5.75 Å². The van der Waals surface area contributed by atoms with E-state index in [9.17, 15) is 0 Å². The second-order valence-electron chi connectivity index (χ2n) is 4.69. The maximum Gasteiger partial charge on any atom is 0.120 e. The minimum atomic E-state index is -0.133. The van der Waals surface area contributed by atoms with Crippen LogP contribution in [-0.4, -0.2) is 6.61 Å². The SMILES string of the molecule is CCOc1ccc(C(N)c2ccc(CC)cc2)c(Br)c1. The van der Waals surface area contributed by atoms with Crippen molar-refractivity contribution in [3.05, 3.63) is 63.6 Å². The summed E-state index contributed by atoms with van der Waals surface area (Å²) in [5, 5.41) is 0. The topological polar surface area (TPSA) is 35.2 Å². The molecule has 2 aromatic rings. The summed E-state index contributed by atoms with van der Waals surface area (Å²) in [5.41, 5.74) is 9.87. The van der Waals surface area contributed by atoms with E-state index in [1.807, 2.05) is 25.1 Å². The number of benzene rings is 2. The van der Waals surface area contributed by atoms with E-state index in [1.165, 1.54) is 5.56 Å². The van der Waals surface area contributed by atoms with E-state index in [4.69, 9.17) is 10.5 Å². The number of rotatable bonds is 5. The maximum atomic E-state index is 6.36. The lowest BCUT2D eigenvalue weighted by molar-refractivity contribution is 0.340. The molecule has 0 spiro atoms. The summed E-state index contributed by atoms with van der Waals surface area (Å²) in [6.07, 6.45) is 1.04. The number of ether oxygens (including phenoxy) is 1. The van der Waals surface area contributed by atoms with E-state index in [0.29, 0.717) is 6.61 Å². The molecule has 106 valence electrons. The first-order chi connectivity index (χ1) is 9.65. The fourth-order valence-corrected chi connectivity index (χ4v) is 2.76. The summed E-state index contributed by atoms with van der Waals surface area (Å²) < 4.78 is 6.47. The predicted octanol–water partition coefficient (Wildman–Crippen LogP) is 4.46. The van der Waals surface area contributed by atoms with Gasteiger partial charge in [-0.15, -0.1) is 0 Å². The molecule has 3 heteroatoms. The van der Waals surface area contributed by atoms with Gasteiger partial charge in [0.15, 0.2) is 0 Å². The number of hydrogen-bond donors (Lipinski definition) is 1. The van der Waals surface area contributed by atoms with Crippen molar-refractivity contribution in [1.29, 1.82) is 0 Å². The molecule has 2 rings (SSSR count). The smallest absolute Gasteiger partial charge is 0.120 e. The maximum absolute atomic E-state index is 6.36. The Hall–Kier alpha value is -1.32. The third-order valence-corrected chi connectivity index (χ3v) is 4.05. The summed E-state index contributed by atoms with van der Waals surface area (Å²) in [5.74, 6) is 0.858. The van der Waals surface area contributed by atoms with Crippen LogP contribution in [0.5, 0.6) is 5.75 Å². The zero-order chi connectivity index (χ0) is 14.5. The Bertz CT molecular complexity index is 566. The molecular weight excluding hydrogens is 314 g/mol. The highest BCUT2D eigenvalue weighted by Gasteiger charge is 2.13. The van der Waals surface area contributed by atoms with Crippen molar-refractivity contribution in [1.82, 2.24) is 0 Å². The Morgan fingerprint density at radius 1 is 1.10 bits per heavy atom. The summed E-state index contributed by atoms with van der Waals surface area (Å²) >= 11 is 3.58. The number of hydrogen-bond acceptors (Lipinski definition) is 2. The highest BCUT2D eigenvalue weighted by Crippen LogP contribution is 2.30. The number of nitrogens with two attached hydrogens (primary N) is 1. The first-order valence-corrected chi connectivity index (χ1v) is 7.71. The molecular formula is C17H20BrNO. The Kier molecular flexibility index (Phi) is 5.21. The van der Waals surface area contributed by atoms with Crippen LogP contribution in [0, 0.1) is 0 Å². The molecule has 0 saturated carbocycles. The third-order valence-electron chi connectivity index (χ3n) is 3.37. The standard InChI is InChI=1S/C17H20BrNO/c1-3-12-5-7-13(8-6-12)17(19)15-10-9-14(20-4-2)11-16(15)18/h5-11,17H,3-4,19H2,1-2H3. The lowest BCUT2D eigenvalue weighted by Crippen LogP contribution is -2.12. The van der Waals surface area contributed by atoms with Gasteiger partial charge < -0.3 is 10.5 Å². The van der Waals surface area contributed by atoms with Gasteiger partial charge in [-0.2, -0.15) is 0 Å². The summed E-state index contributed by atoms with van der Waals surface area (Å²) in [7, 11) is 0. The van der Waals surface area contributed by atoms with Gasteiger partial charge in [0.05, 0.1) is 12.6 Å². The van der Waals surface area contributed by atoms with Crippen molar-refractivity contribution in [2.45, 2.75) is 26.3 Å². The van der Waals surface area contributed by atoms with Gasteiger partial charge >= 0.3 is 0 Å². The molecule has 2 nitrogen and oxygen atoms in total. The molecule has 20 heavy (non-hydrogen) atoms. The van der Waals surface area contributed by atoms with Crippen LogP contribution in [0.2, 0.25) is 0 Å². The molecule has 0 radical (unpaired) electrons. The normalized spacial score (nSPS) is 12.2. The predicted molar refractivity (Wildman–Crippen MR) is 87.2 cm³/mol. The van der Waals surface area contributed by atoms with Gasteiger partial charge in [-0.05, 0) is 42.2 Å². The lowest BCUT2D eigenvalue weighted by Gasteiger charge is -2.16. The molecule has 0 aliphatic rings. The Morgan fingerprint density at radius 2 is 1.80 bits per heavy atom. The highest BCUT2D eigenvalue weighted by atomic mass is 79.9. The van der Waals surface area contributed by atoms with E-state index in [0.717, 1.165) is 27.8 Å². The Morgan fingerprint density at radius 3 is 2.35 bits per heavy atom. The second-order valence-corrected chi connectivity index (χ2v) is 5.54. The van der Waals surface area contributed by atoms with E-state index in [2.05, 4.69) is 47.1 Å². The van der Waals surface area contributed by atoms with Crippen molar-refractivity contribution >= 4 is 15.9 Å². The summed E-state index contributed by atoms with van der Waals surface area (Å²) in [4.78, 5) is 0. The Balaban J connectivity index is 2.25. The molecule has 0 aliphatic heterocycles. The van der Waals surface area contributed by atoms with Gasteiger partial charge in [0.1, 0.15) is 5.75 Å². The zero-order valence-electron chi connectivity index (χ0n) is 11.9. The molecule has 1 unspecified atom stereocenters. The van der Waals surface area contributed by atoms with Gasteiger partial charge in [0.25, 0.3) is 0 Å². The minimum Gasteiger partial charge on any atom is -0.494 e. The van der Waals surface area contributed by atoms with E-state index in [-0.39, 0.29) is 6.04 Å². The van der Waals surface area contributed by atoms with Crippen LogP contribution in [-0.2, 0) is 6.42 Å². The molecule has 0 aromatic heterocycles. The number of halogens is 1. The molecule has 0 amide bonds. The molecule has 2 N–H and O–H groups in total. The van der Waals surface area contributed by atoms with Crippen LogP contribution in [0.1, 0.15) is 36.6 Å². The van der Waals surface area contributed by atoms with Gasteiger partial charge in [-0.1, -0.05) is 53.2 Å². The summed E-state index contributed by atoms with van der Waals surface area (Å²) in [6.45, 7) is 4.79. The van der Waals surface area contributed by atoms with E-state index >= 15 is 0 Å². The first-order valence-electron chi connectivity index (χ1n) is 6.92. The van der Waals surface area contributed by atoms with E-state index < -0.39 is 0 Å². The molecule has 2 aromatic carbocycles. The average Bonchev–Trinajstić information content (AvgIpc) is 2.47. The zero-order valence-corrected chi connectivity index (χ0v) is 13.5. The fraction of sp³-hybridized carbons (Fsp3) is 0.294. The monoisotopic (exact) mass is 333 g/mol. The van der Waals surface area contributed by atoms with Crippen LogP contribution in [0.25, 0.3) is 0 Å².